The molecule has 0 amide bonds. The maximum Gasteiger partial charge on any atom is 0.229 e. The van der Waals surface area contributed by atoms with Gasteiger partial charge in [0.25, 0.3) is 0 Å². The maximum atomic E-state index is 15.0. The van der Waals surface area contributed by atoms with Crippen LogP contribution in [0.5, 0.6) is 0 Å². The minimum absolute atomic E-state index is 0.0399. The standard InChI is InChI=1S/C27H31F3N8/c1-16(2)38-22-12-17(11-20(29)26(22)34-24(38)13-28)25-21(30)15-32-27(35-25)33-23-6-5-19(14-31-23)37-9-7-18(8-10-37)36(3)4/h5-6,11-12,14-16,18H,7-10,13H2,1-4H3,(H,31,32,33,35). The zero-order valence-electron chi connectivity index (χ0n) is 21.9. The van der Waals surface area contributed by atoms with E-state index in [0.717, 1.165) is 43.9 Å². The zero-order valence-corrected chi connectivity index (χ0v) is 21.9. The van der Waals surface area contributed by atoms with Crippen molar-refractivity contribution in [2.24, 2.45) is 0 Å². The Labute approximate surface area is 219 Å². The molecule has 1 aromatic carbocycles. The first-order chi connectivity index (χ1) is 18.2. The fourth-order valence-corrected chi connectivity index (χ4v) is 5.04. The quantitative estimate of drug-likeness (QED) is 0.343. The smallest absolute Gasteiger partial charge is 0.229 e. The molecule has 3 aromatic heterocycles. The lowest BCUT2D eigenvalue weighted by Crippen LogP contribution is -2.42. The molecule has 38 heavy (non-hydrogen) atoms. The Morgan fingerprint density at radius 3 is 2.42 bits per heavy atom. The lowest BCUT2D eigenvalue weighted by Gasteiger charge is -2.36. The number of aromatic nitrogens is 5. The van der Waals surface area contributed by atoms with Gasteiger partial charge in [-0.2, -0.15) is 0 Å². The molecule has 4 aromatic rings. The molecule has 5 rings (SSSR count). The van der Waals surface area contributed by atoms with Gasteiger partial charge in [0.15, 0.2) is 11.6 Å². The Bertz CT molecular complexity index is 1430. The number of nitrogens with one attached hydrogen (secondary N) is 1. The van der Waals surface area contributed by atoms with Crippen molar-refractivity contribution in [2.45, 2.75) is 45.4 Å². The largest absolute Gasteiger partial charge is 0.370 e. The molecule has 0 saturated carbocycles. The third kappa shape index (κ3) is 5.02. The number of alkyl halides is 1. The molecular formula is C27H31F3N8. The second-order valence-corrected chi connectivity index (χ2v) is 10.0. The van der Waals surface area contributed by atoms with Gasteiger partial charge in [0, 0.05) is 30.7 Å². The van der Waals surface area contributed by atoms with Crippen LogP contribution < -0.4 is 10.2 Å². The maximum absolute atomic E-state index is 15.0. The van der Waals surface area contributed by atoms with E-state index >= 15 is 0 Å². The first-order valence-electron chi connectivity index (χ1n) is 12.7. The summed E-state index contributed by atoms with van der Waals surface area (Å²) in [6, 6.07) is 6.97. The zero-order chi connectivity index (χ0) is 27.0. The van der Waals surface area contributed by atoms with E-state index < -0.39 is 18.3 Å². The number of benzene rings is 1. The first kappa shape index (κ1) is 25.9. The van der Waals surface area contributed by atoms with Gasteiger partial charge in [-0.1, -0.05) is 0 Å². The molecule has 11 heteroatoms. The van der Waals surface area contributed by atoms with Crippen LogP contribution in [0.3, 0.4) is 0 Å². The van der Waals surface area contributed by atoms with Gasteiger partial charge in [0.1, 0.15) is 29.5 Å². The number of hydrogen-bond acceptors (Lipinski definition) is 7. The van der Waals surface area contributed by atoms with Gasteiger partial charge in [0.05, 0.1) is 23.6 Å². The summed E-state index contributed by atoms with van der Waals surface area (Å²) in [4.78, 5) is 21.5. The molecule has 1 aliphatic rings. The third-order valence-electron chi connectivity index (χ3n) is 7.02. The summed E-state index contributed by atoms with van der Waals surface area (Å²) in [6.45, 7) is 4.79. The van der Waals surface area contributed by atoms with Crippen LogP contribution in [-0.2, 0) is 6.67 Å². The first-order valence-corrected chi connectivity index (χ1v) is 12.7. The van der Waals surface area contributed by atoms with E-state index in [9.17, 15) is 13.2 Å². The van der Waals surface area contributed by atoms with Gasteiger partial charge in [-0.3, -0.25) is 0 Å². The number of halogens is 3. The van der Waals surface area contributed by atoms with Crippen LogP contribution in [0.1, 0.15) is 38.6 Å². The number of pyridine rings is 1. The van der Waals surface area contributed by atoms with Crippen LogP contribution in [0.25, 0.3) is 22.3 Å². The van der Waals surface area contributed by atoms with Crippen molar-refractivity contribution in [3.63, 3.8) is 0 Å². The van der Waals surface area contributed by atoms with Gasteiger partial charge in [-0.25, -0.2) is 33.1 Å². The molecule has 1 fully saturated rings. The van der Waals surface area contributed by atoms with Crippen LogP contribution in [0.4, 0.5) is 30.6 Å². The van der Waals surface area contributed by atoms with Gasteiger partial charge < -0.3 is 19.7 Å². The summed E-state index contributed by atoms with van der Waals surface area (Å²) < 4.78 is 44.9. The molecule has 8 nitrogen and oxygen atoms in total. The van der Waals surface area contributed by atoms with Crippen molar-refractivity contribution in [2.75, 3.05) is 37.4 Å². The fraction of sp³-hybridized carbons (Fsp3) is 0.407. The lowest BCUT2D eigenvalue weighted by molar-refractivity contribution is 0.249. The van der Waals surface area contributed by atoms with Crippen LogP contribution in [0.15, 0.2) is 36.7 Å². The van der Waals surface area contributed by atoms with Gasteiger partial charge >= 0.3 is 0 Å². The summed E-state index contributed by atoms with van der Waals surface area (Å²) in [6.07, 6.45) is 5.02. The number of rotatable bonds is 7. The molecule has 1 aliphatic heterocycles. The minimum Gasteiger partial charge on any atom is -0.370 e. The number of nitrogens with zero attached hydrogens (tertiary/aromatic N) is 7. The normalized spacial score (nSPS) is 14.7. The van der Waals surface area contributed by atoms with E-state index in [0.29, 0.717) is 17.4 Å². The predicted molar refractivity (Wildman–Crippen MR) is 142 cm³/mol. The highest BCUT2D eigenvalue weighted by atomic mass is 19.1. The van der Waals surface area contributed by atoms with Crippen LogP contribution in [0, 0.1) is 11.6 Å². The van der Waals surface area contributed by atoms with Crippen molar-refractivity contribution in [3.05, 3.63) is 54.1 Å². The van der Waals surface area contributed by atoms with Crippen molar-refractivity contribution < 1.29 is 13.2 Å². The Morgan fingerprint density at radius 2 is 1.79 bits per heavy atom. The van der Waals surface area contributed by atoms with Crippen LogP contribution in [-0.4, -0.2) is 62.6 Å². The highest BCUT2D eigenvalue weighted by Gasteiger charge is 2.22. The van der Waals surface area contributed by atoms with Crippen molar-refractivity contribution in [1.29, 1.82) is 0 Å². The Hall–Kier alpha value is -3.73. The highest BCUT2D eigenvalue weighted by Crippen LogP contribution is 2.31. The molecule has 0 unspecified atom stereocenters. The minimum atomic E-state index is -0.836. The summed E-state index contributed by atoms with van der Waals surface area (Å²) in [5, 5.41) is 3.00. The summed E-state index contributed by atoms with van der Waals surface area (Å²) >= 11 is 0. The number of hydrogen-bond donors (Lipinski definition) is 1. The third-order valence-corrected chi connectivity index (χ3v) is 7.02. The van der Waals surface area contributed by atoms with E-state index in [-0.39, 0.29) is 34.6 Å². The molecule has 200 valence electrons. The molecular weight excluding hydrogens is 493 g/mol. The number of imidazole rings is 1. The second-order valence-electron chi connectivity index (χ2n) is 10.0. The van der Waals surface area contributed by atoms with Gasteiger partial charge in [0.2, 0.25) is 5.95 Å². The average molecular weight is 525 g/mol. The summed E-state index contributed by atoms with van der Waals surface area (Å²) in [7, 11) is 4.23. The Kier molecular flexibility index (Phi) is 7.20. The molecule has 0 spiro atoms. The molecule has 0 bridgehead atoms. The number of piperidine rings is 1. The fourth-order valence-electron chi connectivity index (χ4n) is 5.04. The van der Waals surface area contributed by atoms with Crippen molar-refractivity contribution in [3.8, 4) is 11.3 Å². The van der Waals surface area contributed by atoms with Gasteiger partial charge in [-0.15, -0.1) is 0 Å². The number of fused-ring (bicyclic) bond motifs is 1. The lowest BCUT2D eigenvalue weighted by atomic mass is 10.0. The summed E-state index contributed by atoms with van der Waals surface area (Å²) in [5.74, 6) is -0.642. The highest BCUT2D eigenvalue weighted by molar-refractivity contribution is 5.83. The van der Waals surface area contributed by atoms with E-state index in [1.54, 1.807) is 16.8 Å². The topological polar surface area (TPSA) is 75.0 Å². The summed E-state index contributed by atoms with van der Waals surface area (Å²) in [5.41, 5.74) is 1.57. The van der Waals surface area contributed by atoms with Crippen LogP contribution in [0.2, 0.25) is 0 Å². The van der Waals surface area contributed by atoms with E-state index in [2.05, 4.69) is 49.1 Å². The van der Waals surface area contributed by atoms with E-state index in [1.165, 1.54) is 0 Å². The predicted octanol–water partition coefficient (Wildman–Crippen LogP) is 5.49. The Morgan fingerprint density at radius 1 is 1.03 bits per heavy atom. The molecule has 1 saturated heterocycles. The molecule has 0 aliphatic carbocycles. The molecule has 0 radical (unpaired) electrons. The van der Waals surface area contributed by atoms with E-state index in [1.807, 2.05) is 26.0 Å². The monoisotopic (exact) mass is 524 g/mol. The van der Waals surface area contributed by atoms with Gasteiger partial charge in [-0.05, 0) is 65.0 Å². The SMILES string of the molecule is CC(C)n1c(CF)nc2c(F)cc(-c3nc(Nc4ccc(N5CCC(N(C)C)CC5)cn4)ncc3F)cc21. The average Bonchev–Trinajstić information content (AvgIpc) is 3.30. The molecule has 4 heterocycles. The molecule has 0 atom stereocenters. The Balaban J connectivity index is 1.38. The molecule has 1 N–H and O–H groups in total. The van der Waals surface area contributed by atoms with Crippen molar-refractivity contribution >= 4 is 28.5 Å². The second kappa shape index (κ2) is 10.6. The number of anilines is 3. The van der Waals surface area contributed by atoms with Crippen molar-refractivity contribution in [1.82, 2.24) is 29.4 Å². The van der Waals surface area contributed by atoms with E-state index in [4.69, 9.17) is 0 Å². The van der Waals surface area contributed by atoms with Crippen LogP contribution >= 0.6 is 0 Å².